The Morgan fingerprint density at radius 2 is 1.81 bits per heavy atom. The van der Waals surface area contributed by atoms with Crippen LogP contribution in [0.4, 0.5) is 0 Å². The fourth-order valence-electron chi connectivity index (χ4n) is 5.17. The van der Waals surface area contributed by atoms with E-state index in [-0.39, 0.29) is 0 Å². The van der Waals surface area contributed by atoms with Gasteiger partial charge in [0, 0.05) is 18.5 Å². The Hall–Kier alpha value is -0.820. The molecule has 3 aliphatic rings. The first-order valence-corrected chi connectivity index (χ1v) is 9.15. The molecule has 0 radical (unpaired) electrons. The fraction of sp³-hybridized carbons (Fsp3) is 0.700. The van der Waals surface area contributed by atoms with Gasteiger partial charge in [-0.2, -0.15) is 0 Å². The van der Waals surface area contributed by atoms with Crippen LogP contribution >= 0.6 is 0 Å². The van der Waals surface area contributed by atoms with E-state index in [1.165, 1.54) is 71.0 Å². The summed E-state index contributed by atoms with van der Waals surface area (Å²) in [5.74, 6) is 1.93. The van der Waals surface area contributed by atoms with Crippen molar-refractivity contribution in [3.63, 3.8) is 0 Å². The van der Waals surface area contributed by atoms with Gasteiger partial charge in [0.1, 0.15) is 0 Å². The average molecular weight is 283 g/mol. The first kappa shape index (κ1) is 13.8. The topological polar surface area (TPSA) is 3.24 Å². The van der Waals surface area contributed by atoms with E-state index in [0.29, 0.717) is 5.41 Å². The van der Waals surface area contributed by atoms with Crippen LogP contribution in [0.1, 0.15) is 56.9 Å². The minimum Gasteiger partial charge on any atom is -0.303 e. The third kappa shape index (κ3) is 2.54. The van der Waals surface area contributed by atoms with Crippen LogP contribution in [-0.4, -0.2) is 24.5 Å². The molecule has 0 bridgehead atoms. The molecule has 3 fully saturated rings. The van der Waals surface area contributed by atoms with E-state index in [1.807, 2.05) is 0 Å². The monoisotopic (exact) mass is 283 g/mol. The Morgan fingerprint density at radius 3 is 2.57 bits per heavy atom. The SMILES string of the molecule is c1ccc([C@]23CCCC[C@@H]2CN(CC2CCC2)CC3)cc1. The predicted octanol–water partition coefficient (Wildman–Crippen LogP) is 4.62. The minimum absolute atomic E-state index is 0.510. The van der Waals surface area contributed by atoms with E-state index in [4.69, 9.17) is 0 Å². The van der Waals surface area contributed by atoms with Crippen molar-refractivity contribution in [2.24, 2.45) is 11.8 Å². The maximum Gasteiger partial charge on any atom is 0.00183 e. The first-order chi connectivity index (χ1) is 10.4. The minimum atomic E-state index is 0.510. The van der Waals surface area contributed by atoms with E-state index >= 15 is 0 Å². The molecule has 21 heavy (non-hydrogen) atoms. The molecule has 0 unspecified atom stereocenters. The lowest BCUT2D eigenvalue weighted by molar-refractivity contribution is 0.0393. The number of fused-ring (bicyclic) bond motifs is 1. The number of rotatable bonds is 3. The van der Waals surface area contributed by atoms with Crippen LogP contribution in [0, 0.1) is 11.8 Å². The quantitative estimate of drug-likeness (QED) is 0.782. The second kappa shape index (κ2) is 5.76. The summed E-state index contributed by atoms with van der Waals surface area (Å²) >= 11 is 0. The summed E-state index contributed by atoms with van der Waals surface area (Å²) in [7, 11) is 0. The highest BCUT2D eigenvalue weighted by molar-refractivity contribution is 5.28. The van der Waals surface area contributed by atoms with E-state index < -0.39 is 0 Å². The third-order valence-electron chi connectivity index (χ3n) is 6.65. The van der Waals surface area contributed by atoms with Crippen molar-refractivity contribution in [1.82, 2.24) is 4.90 Å². The predicted molar refractivity (Wildman–Crippen MR) is 88.5 cm³/mol. The summed E-state index contributed by atoms with van der Waals surface area (Å²) in [5.41, 5.74) is 2.15. The molecule has 1 aliphatic heterocycles. The van der Waals surface area contributed by atoms with E-state index in [1.54, 1.807) is 5.56 Å². The van der Waals surface area contributed by atoms with E-state index in [2.05, 4.69) is 35.2 Å². The third-order valence-corrected chi connectivity index (χ3v) is 6.65. The molecule has 0 spiro atoms. The van der Waals surface area contributed by atoms with Gasteiger partial charge in [-0.3, -0.25) is 0 Å². The normalized spacial score (nSPS) is 34.2. The Labute approximate surface area is 129 Å². The summed E-state index contributed by atoms with van der Waals surface area (Å²) < 4.78 is 0. The molecule has 1 heteroatoms. The summed E-state index contributed by atoms with van der Waals surface area (Å²) in [6, 6.07) is 11.5. The van der Waals surface area contributed by atoms with E-state index in [9.17, 15) is 0 Å². The Balaban J connectivity index is 1.52. The van der Waals surface area contributed by atoms with Crippen LogP contribution in [0.3, 0.4) is 0 Å². The molecule has 2 aliphatic carbocycles. The van der Waals surface area contributed by atoms with Gasteiger partial charge in [0.15, 0.2) is 0 Å². The summed E-state index contributed by atoms with van der Waals surface area (Å²) in [5, 5.41) is 0. The number of hydrogen-bond acceptors (Lipinski definition) is 1. The van der Waals surface area contributed by atoms with Gasteiger partial charge in [-0.1, -0.05) is 49.6 Å². The second-order valence-electron chi connectivity index (χ2n) is 7.77. The Kier molecular flexibility index (Phi) is 3.79. The molecule has 2 saturated carbocycles. The number of likely N-dealkylation sites (tertiary alicyclic amines) is 1. The number of benzene rings is 1. The van der Waals surface area contributed by atoms with Crippen molar-refractivity contribution in [2.75, 3.05) is 19.6 Å². The molecule has 114 valence electrons. The molecule has 2 atom stereocenters. The van der Waals surface area contributed by atoms with Crippen LogP contribution < -0.4 is 0 Å². The van der Waals surface area contributed by atoms with Crippen LogP contribution in [0.2, 0.25) is 0 Å². The fourth-order valence-corrected chi connectivity index (χ4v) is 5.17. The van der Waals surface area contributed by atoms with Crippen LogP contribution in [-0.2, 0) is 5.41 Å². The van der Waals surface area contributed by atoms with Crippen LogP contribution in [0.5, 0.6) is 0 Å². The van der Waals surface area contributed by atoms with Gasteiger partial charge in [0.25, 0.3) is 0 Å². The van der Waals surface area contributed by atoms with Gasteiger partial charge in [0.2, 0.25) is 0 Å². The van der Waals surface area contributed by atoms with Gasteiger partial charge in [-0.25, -0.2) is 0 Å². The maximum absolute atomic E-state index is 2.81. The molecule has 1 aromatic rings. The van der Waals surface area contributed by atoms with Gasteiger partial charge in [0.05, 0.1) is 0 Å². The number of hydrogen-bond donors (Lipinski definition) is 0. The number of piperidine rings is 1. The molecule has 0 amide bonds. The van der Waals surface area contributed by atoms with Gasteiger partial charge in [-0.15, -0.1) is 0 Å². The Morgan fingerprint density at radius 1 is 0.952 bits per heavy atom. The van der Waals surface area contributed by atoms with Crippen molar-refractivity contribution in [3.8, 4) is 0 Å². The van der Waals surface area contributed by atoms with Crippen LogP contribution in [0.25, 0.3) is 0 Å². The highest BCUT2D eigenvalue weighted by Crippen LogP contribution is 2.49. The van der Waals surface area contributed by atoms with Crippen molar-refractivity contribution < 1.29 is 0 Å². The summed E-state index contributed by atoms with van der Waals surface area (Å²) in [4.78, 5) is 2.81. The highest BCUT2D eigenvalue weighted by Gasteiger charge is 2.45. The zero-order chi connectivity index (χ0) is 14.1. The van der Waals surface area contributed by atoms with Crippen molar-refractivity contribution in [2.45, 2.75) is 56.8 Å². The number of nitrogens with zero attached hydrogens (tertiary/aromatic N) is 1. The zero-order valence-electron chi connectivity index (χ0n) is 13.3. The summed E-state index contributed by atoms with van der Waals surface area (Å²) in [6.07, 6.45) is 11.6. The Bertz CT molecular complexity index is 464. The van der Waals surface area contributed by atoms with Crippen LogP contribution in [0.15, 0.2) is 30.3 Å². The lowest BCUT2D eigenvalue weighted by atomic mass is 9.59. The standard InChI is InChI=1S/C20H29N/c1-2-9-18(10-3-1)20-12-5-4-11-19(20)16-21(14-13-20)15-17-7-6-8-17/h1-3,9-10,17,19H,4-8,11-16H2/t19-,20-/m1/s1. The molecule has 1 nitrogen and oxygen atoms in total. The zero-order valence-corrected chi connectivity index (χ0v) is 13.3. The molecular weight excluding hydrogens is 254 g/mol. The highest BCUT2D eigenvalue weighted by atomic mass is 15.1. The smallest absolute Gasteiger partial charge is 0.00183 e. The largest absolute Gasteiger partial charge is 0.303 e. The lowest BCUT2D eigenvalue weighted by Crippen LogP contribution is -2.52. The van der Waals surface area contributed by atoms with Gasteiger partial charge < -0.3 is 4.90 Å². The molecule has 1 heterocycles. The van der Waals surface area contributed by atoms with Crippen molar-refractivity contribution >= 4 is 0 Å². The van der Waals surface area contributed by atoms with Crippen molar-refractivity contribution in [1.29, 1.82) is 0 Å². The molecule has 0 aromatic heterocycles. The molecule has 0 N–H and O–H groups in total. The van der Waals surface area contributed by atoms with Gasteiger partial charge >= 0.3 is 0 Å². The van der Waals surface area contributed by atoms with Crippen molar-refractivity contribution in [3.05, 3.63) is 35.9 Å². The maximum atomic E-state index is 2.81. The van der Waals surface area contributed by atoms with Gasteiger partial charge in [-0.05, 0) is 56.0 Å². The first-order valence-electron chi connectivity index (χ1n) is 9.15. The molecule has 1 aromatic carbocycles. The second-order valence-corrected chi connectivity index (χ2v) is 7.77. The summed E-state index contributed by atoms with van der Waals surface area (Å²) in [6.45, 7) is 4.09. The molecule has 4 rings (SSSR count). The van der Waals surface area contributed by atoms with E-state index in [0.717, 1.165) is 11.8 Å². The molecule has 1 saturated heterocycles. The lowest BCUT2D eigenvalue weighted by Gasteiger charge is -2.52. The molecular formula is C20H29N. The average Bonchev–Trinajstić information content (AvgIpc) is 2.51.